The quantitative estimate of drug-likeness (QED) is 0.709. The molecule has 2 rings (SSSR count). The second-order valence-corrected chi connectivity index (χ2v) is 4.69. The van der Waals surface area contributed by atoms with Crippen molar-refractivity contribution in [3.8, 4) is 6.07 Å². The van der Waals surface area contributed by atoms with E-state index >= 15 is 0 Å². The van der Waals surface area contributed by atoms with E-state index in [2.05, 4.69) is 11.0 Å². The van der Waals surface area contributed by atoms with Gasteiger partial charge in [-0.05, 0) is 19.3 Å². The van der Waals surface area contributed by atoms with Gasteiger partial charge in [-0.15, -0.1) is 0 Å². The summed E-state index contributed by atoms with van der Waals surface area (Å²) in [7, 11) is 0. The summed E-state index contributed by atoms with van der Waals surface area (Å²) in [4.78, 5) is 16.0. The first-order valence-corrected chi connectivity index (χ1v) is 6.18. The van der Waals surface area contributed by atoms with Crippen LogP contribution in [0.1, 0.15) is 26.2 Å². The van der Waals surface area contributed by atoms with Crippen LogP contribution in [0.4, 0.5) is 0 Å². The fraction of sp³-hybridized carbons (Fsp3) is 0.833. The molecule has 88 valence electrons. The van der Waals surface area contributed by atoms with Gasteiger partial charge in [-0.25, -0.2) is 0 Å². The predicted octanol–water partition coefficient (Wildman–Crippen LogP) is 0.843. The second-order valence-electron chi connectivity index (χ2n) is 4.69. The van der Waals surface area contributed by atoms with E-state index < -0.39 is 0 Å². The number of nitriles is 1. The maximum absolute atomic E-state index is 11.8. The van der Waals surface area contributed by atoms with Gasteiger partial charge < -0.3 is 4.90 Å². The molecule has 0 radical (unpaired) electrons. The molecule has 0 aromatic heterocycles. The highest BCUT2D eigenvalue weighted by atomic mass is 16.2. The van der Waals surface area contributed by atoms with Crippen molar-refractivity contribution in [1.29, 1.82) is 5.26 Å². The molecule has 1 aliphatic heterocycles. The number of rotatable bonds is 3. The number of hydrogen-bond acceptors (Lipinski definition) is 3. The van der Waals surface area contributed by atoms with Crippen LogP contribution in [0.3, 0.4) is 0 Å². The van der Waals surface area contributed by atoms with E-state index in [1.807, 2.05) is 11.8 Å². The molecule has 1 heterocycles. The minimum Gasteiger partial charge on any atom is -0.340 e. The number of nitrogens with zero attached hydrogens (tertiary/aromatic N) is 3. The Labute approximate surface area is 96.8 Å². The third-order valence-corrected chi connectivity index (χ3v) is 3.53. The SMILES string of the molecule is CCC(C#N)N1CCN(C(=O)C2CC2)CC1. The largest absolute Gasteiger partial charge is 0.340 e. The molecule has 0 bridgehead atoms. The molecule has 1 atom stereocenters. The molecular weight excluding hydrogens is 202 g/mol. The Hall–Kier alpha value is -1.08. The molecule has 1 aliphatic carbocycles. The van der Waals surface area contributed by atoms with Gasteiger partial charge in [-0.1, -0.05) is 6.92 Å². The summed E-state index contributed by atoms with van der Waals surface area (Å²) in [6.07, 6.45) is 3.02. The van der Waals surface area contributed by atoms with E-state index in [4.69, 9.17) is 5.26 Å². The van der Waals surface area contributed by atoms with Crippen molar-refractivity contribution < 1.29 is 4.79 Å². The van der Waals surface area contributed by atoms with Crippen LogP contribution >= 0.6 is 0 Å². The van der Waals surface area contributed by atoms with Crippen LogP contribution in [0.25, 0.3) is 0 Å². The van der Waals surface area contributed by atoms with Gasteiger partial charge in [-0.3, -0.25) is 9.69 Å². The Morgan fingerprint density at radius 1 is 1.38 bits per heavy atom. The lowest BCUT2D eigenvalue weighted by Crippen LogP contribution is -2.51. The first-order valence-electron chi connectivity index (χ1n) is 6.18. The molecule has 2 aliphatic rings. The normalized spacial score (nSPS) is 23.9. The molecule has 0 aromatic carbocycles. The standard InChI is InChI=1S/C12H19N3O/c1-2-11(9-13)14-5-7-15(8-6-14)12(16)10-3-4-10/h10-11H,2-8H2,1H3. The number of carbonyl (C=O) groups is 1. The van der Waals surface area contributed by atoms with Crippen molar-refractivity contribution in [2.75, 3.05) is 26.2 Å². The molecule has 4 nitrogen and oxygen atoms in total. The molecule has 0 N–H and O–H groups in total. The van der Waals surface area contributed by atoms with Crippen LogP contribution in [0.15, 0.2) is 0 Å². The van der Waals surface area contributed by atoms with Crippen molar-refractivity contribution in [3.63, 3.8) is 0 Å². The zero-order valence-electron chi connectivity index (χ0n) is 9.85. The number of piperazine rings is 1. The molecule has 1 unspecified atom stereocenters. The van der Waals surface area contributed by atoms with Crippen LogP contribution in [-0.2, 0) is 4.79 Å². The minimum absolute atomic E-state index is 0.0261. The van der Waals surface area contributed by atoms with Crippen molar-refractivity contribution in [3.05, 3.63) is 0 Å². The van der Waals surface area contributed by atoms with E-state index in [9.17, 15) is 4.79 Å². The average Bonchev–Trinajstić information content (AvgIpc) is 3.15. The maximum Gasteiger partial charge on any atom is 0.225 e. The third kappa shape index (κ3) is 2.35. The van der Waals surface area contributed by atoms with Gasteiger partial charge in [0.1, 0.15) is 0 Å². The van der Waals surface area contributed by atoms with Crippen molar-refractivity contribution in [2.45, 2.75) is 32.2 Å². The summed E-state index contributed by atoms with van der Waals surface area (Å²) in [5.41, 5.74) is 0. The summed E-state index contributed by atoms with van der Waals surface area (Å²) in [6.45, 7) is 5.34. The summed E-state index contributed by atoms with van der Waals surface area (Å²) >= 11 is 0. The number of hydrogen-bond donors (Lipinski definition) is 0. The highest BCUT2D eigenvalue weighted by Gasteiger charge is 2.35. The van der Waals surface area contributed by atoms with Crippen molar-refractivity contribution in [1.82, 2.24) is 9.80 Å². The minimum atomic E-state index is 0.0261. The summed E-state index contributed by atoms with van der Waals surface area (Å²) in [5, 5.41) is 8.98. The first kappa shape index (κ1) is 11.4. The van der Waals surface area contributed by atoms with Gasteiger partial charge >= 0.3 is 0 Å². The maximum atomic E-state index is 11.8. The van der Waals surface area contributed by atoms with Crippen LogP contribution in [-0.4, -0.2) is 47.9 Å². The summed E-state index contributed by atoms with van der Waals surface area (Å²) < 4.78 is 0. The smallest absolute Gasteiger partial charge is 0.225 e. The van der Waals surface area contributed by atoms with E-state index in [1.165, 1.54) is 0 Å². The molecule has 1 saturated heterocycles. The van der Waals surface area contributed by atoms with Gasteiger partial charge in [0, 0.05) is 32.1 Å². The monoisotopic (exact) mass is 221 g/mol. The molecule has 2 fully saturated rings. The van der Waals surface area contributed by atoms with Gasteiger partial charge in [0.25, 0.3) is 0 Å². The van der Waals surface area contributed by atoms with E-state index in [1.54, 1.807) is 0 Å². The number of carbonyl (C=O) groups excluding carboxylic acids is 1. The fourth-order valence-corrected chi connectivity index (χ4v) is 2.27. The molecule has 1 amide bonds. The second kappa shape index (κ2) is 4.84. The zero-order valence-corrected chi connectivity index (χ0v) is 9.85. The van der Waals surface area contributed by atoms with E-state index in [0.29, 0.717) is 11.8 Å². The summed E-state index contributed by atoms with van der Waals surface area (Å²) in [5.74, 6) is 0.661. The highest BCUT2D eigenvalue weighted by Crippen LogP contribution is 2.31. The van der Waals surface area contributed by atoms with E-state index in [0.717, 1.165) is 45.4 Å². The van der Waals surface area contributed by atoms with Gasteiger partial charge in [0.2, 0.25) is 5.91 Å². The topological polar surface area (TPSA) is 47.3 Å². The van der Waals surface area contributed by atoms with Crippen molar-refractivity contribution in [2.24, 2.45) is 5.92 Å². The van der Waals surface area contributed by atoms with Crippen LogP contribution in [0.5, 0.6) is 0 Å². The Balaban J connectivity index is 1.82. The fourth-order valence-electron chi connectivity index (χ4n) is 2.27. The Bertz CT molecular complexity index is 298. The van der Waals surface area contributed by atoms with Gasteiger partial charge in [-0.2, -0.15) is 5.26 Å². The van der Waals surface area contributed by atoms with Gasteiger partial charge in [0.15, 0.2) is 0 Å². The zero-order chi connectivity index (χ0) is 11.5. The lowest BCUT2D eigenvalue weighted by molar-refractivity contribution is -0.134. The Morgan fingerprint density at radius 2 is 2.00 bits per heavy atom. The summed E-state index contributed by atoms with van der Waals surface area (Å²) in [6, 6.07) is 2.35. The Morgan fingerprint density at radius 3 is 2.44 bits per heavy atom. The number of amides is 1. The highest BCUT2D eigenvalue weighted by molar-refractivity contribution is 5.81. The third-order valence-electron chi connectivity index (χ3n) is 3.53. The molecule has 4 heteroatoms. The molecule has 0 aromatic rings. The van der Waals surface area contributed by atoms with Crippen LogP contribution in [0, 0.1) is 17.2 Å². The molecule has 0 spiro atoms. The average molecular weight is 221 g/mol. The van der Waals surface area contributed by atoms with E-state index in [-0.39, 0.29) is 6.04 Å². The van der Waals surface area contributed by atoms with Crippen LogP contribution in [0.2, 0.25) is 0 Å². The van der Waals surface area contributed by atoms with Gasteiger partial charge in [0.05, 0.1) is 12.1 Å². The lowest BCUT2D eigenvalue weighted by atomic mass is 10.1. The Kier molecular flexibility index (Phi) is 3.45. The van der Waals surface area contributed by atoms with Crippen LogP contribution < -0.4 is 0 Å². The lowest BCUT2D eigenvalue weighted by Gasteiger charge is -2.36. The molecule has 1 saturated carbocycles. The molecule has 16 heavy (non-hydrogen) atoms. The molecular formula is C12H19N3O. The predicted molar refractivity (Wildman–Crippen MR) is 60.6 cm³/mol. The first-order chi connectivity index (χ1) is 7.76. The van der Waals surface area contributed by atoms with Crippen molar-refractivity contribution >= 4 is 5.91 Å².